The van der Waals surface area contributed by atoms with Crippen molar-refractivity contribution >= 4 is 34.0 Å². The normalized spacial score (nSPS) is 11.1. The number of aliphatic hydroxyl groups is 1. The number of rotatable bonds is 7. The van der Waals surface area contributed by atoms with E-state index >= 15 is 0 Å². The van der Waals surface area contributed by atoms with E-state index in [2.05, 4.69) is 35.8 Å². The number of benzene rings is 1. The van der Waals surface area contributed by atoms with Gasteiger partial charge in [0.2, 0.25) is 0 Å². The monoisotopic (exact) mass is 473 g/mol. The maximum atomic E-state index is 12.9. The standard InChI is InChI=1S/C23H23N9O3/c1-31-12-25-21(29-31)14-5-4-6-15(20(14)35-3)26-16-10-18(27-17-9-13(11-33)7-8-24-17)28-22-19(16)23(34)32(2)30-22/h4-10,12,33H,11H2,1-3H3,(H3,24,26,27,28,30). The first-order valence-electron chi connectivity index (χ1n) is 10.7. The van der Waals surface area contributed by atoms with Gasteiger partial charge in [0.05, 0.1) is 30.7 Å². The van der Waals surface area contributed by atoms with E-state index in [9.17, 15) is 9.90 Å². The number of aliphatic hydroxyl groups excluding tert-OH is 1. The number of fused-ring (bicyclic) bond motifs is 1. The Labute approximate surface area is 199 Å². The molecule has 0 bridgehead atoms. The smallest absolute Gasteiger partial charge is 0.277 e. The van der Waals surface area contributed by atoms with Crippen molar-refractivity contribution < 1.29 is 9.84 Å². The number of nitrogens with one attached hydrogen (secondary N) is 3. The lowest BCUT2D eigenvalue weighted by atomic mass is 10.1. The van der Waals surface area contributed by atoms with Gasteiger partial charge in [0, 0.05) is 26.4 Å². The molecular formula is C23H23N9O3. The summed E-state index contributed by atoms with van der Waals surface area (Å²) >= 11 is 0. The number of hydrogen-bond acceptors (Lipinski definition) is 9. The van der Waals surface area contributed by atoms with Crippen LogP contribution in [-0.2, 0) is 20.7 Å². The number of anilines is 4. The Morgan fingerprint density at radius 3 is 2.69 bits per heavy atom. The summed E-state index contributed by atoms with van der Waals surface area (Å²) in [6, 6.07) is 10.7. The number of methoxy groups -OCH3 is 1. The fourth-order valence-corrected chi connectivity index (χ4v) is 3.79. The molecule has 35 heavy (non-hydrogen) atoms. The van der Waals surface area contributed by atoms with Crippen LogP contribution in [0, 0.1) is 0 Å². The van der Waals surface area contributed by atoms with Crippen molar-refractivity contribution in [2.75, 3.05) is 17.7 Å². The molecule has 0 amide bonds. The second-order valence-corrected chi connectivity index (χ2v) is 7.84. The van der Waals surface area contributed by atoms with Crippen LogP contribution in [0.25, 0.3) is 22.4 Å². The topological polar surface area (TPSA) is 148 Å². The Morgan fingerprint density at radius 1 is 1.09 bits per heavy atom. The maximum Gasteiger partial charge on any atom is 0.277 e. The van der Waals surface area contributed by atoms with Gasteiger partial charge in [0.1, 0.15) is 23.3 Å². The summed E-state index contributed by atoms with van der Waals surface area (Å²) in [4.78, 5) is 26.0. The number of hydrogen-bond donors (Lipinski definition) is 4. The lowest BCUT2D eigenvalue weighted by Gasteiger charge is -2.15. The van der Waals surface area contributed by atoms with Gasteiger partial charge in [-0.15, -0.1) is 0 Å². The third-order valence-corrected chi connectivity index (χ3v) is 5.40. The van der Waals surface area contributed by atoms with Crippen molar-refractivity contribution in [2.45, 2.75) is 6.61 Å². The van der Waals surface area contributed by atoms with Crippen molar-refractivity contribution in [2.24, 2.45) is 14.1 Å². The zero-order valence-corrected chi connectivity index (χ0v) is 19.3. The number of para-hydroxylation sites is 1. The van der Waals surface area contributed by atoms with Crippen LogP contribution in [0.5, 0.6) is 5.75 Å². The van der Waals surface area contributed by atoms with E-state index in [1.807, 2.05) is 18.2 Å². The van der Waals surface area contributed by atoms with Crippen LogP contribution < -0.4 is 20.9 Å². The summed E-state index contributed by atoms with van der Waals surface area (Å²) in [5, 5.41) is 23.6. The summed E-state index contributed by atoms with van der Waals surface area (Å²) < 4.78 is 8.68. The van der Waals surface area contributed by atoms with E-state index in [-0.39, 0.29) is 12.2 Å². The highest BCUT2D eigenvalue weighted by molar-refractivity contribution is 5.94. The van der Waals surface area contributed by atoms with Gasteiger partial charge in [-0.05, 0) is 29.8 Å². The summed E-state index contributed by atoms with van der Waals surface area (Å²) in [5.74, 6) is 2.00. The average Bonchev–Trinajstić information content (AvgIpc) is 3.41. The first kappa shape index (κ1) is 22.1. The number of H-pyrrole nitrogens is 1. The molecule has 5 aromatic rings. The molecule has 0 unspecified atom stereocenters. The number of aryl methyl sites for hydroxylation is 2. The van der Waals surface area contributed by atoms with Gasteiger partial charge in [-0.1, -0.05) is 6.07 Å². The average molecular weight is 473 g/mol. The number of aromatic nitrogens is 7. The Kier molecular flexibility index (Phi) is 5.63. The minimum atomic E-state index is -0.233. The van der Waals surface area contributed by atoms with Gasteiger partial charge in [0.25, 0.3) is 5.56 Å². The van der Waals surface area contributed by atoms with Gasteiger partial charge >= 0.3 is 0 Å². The molecule has 0 spiro atoms. The second kappa shape index (κ2) is 8.91. The summed E-state index contributed by atoms with van der Waals surface area (Å²) in [6.45, 7) is -0.107. The second-order valence-electron chi connectivity index (χ2n) is 7.84. The van der Waals surface area contributed by atoms with Gasteiger partial charge in [0.15, 0.2) is 17.2 Å². The fraction of sp³-hybridized carbons (Fsp3) is 0.174. The first-order chi connectivity index (χ1) is 17.0. The van der Waals surface area contributed by atoms with E-state index in [0.717, 1.165) is 0 Å². The number of nitrogens with zero attached hydrogens (tertiary/aromatic N) is 6. The maximum absolute atomic E-state index is 12.9. The Morgan fingerprint density at radius 2 is 1.94 bits per heavy atom. The van der Waals surface area contributed by atoms with Gasteiger partial charge in [-0.2, -0.15) is 5.10 Å². The highest BCUT2D eigenvalue weighted by Crippen LogP contribution is 2.37. The SMILES string of the molecule is COc1c(Nc2cc(Nc3cc(CO)ccn3)nc3[nH]n(C)c(=O)c23)cccc1-c1ncn(C)n1. The van der Waals surface area contributed by atoms with Crippen molar-refractivity contribution in [1.29, 1.82) is 0 Å². The largest absolute Gasteiger partial charge is 0.494 e. The molecule has 4 heterocycles. The predicted octanol–water partition coefficient (Wildman–Crippen LogP) is 2.44. The van der Waals surface area contributed by atoms with E-state index in [1.165, 1.54) is 4.68 Å². The van der Waals surface area contributed by atoms with Crippen LogP contribution in [0.2, 0.25) is 0 Å². The summed E-state index contributed by atoms with van der Waals surface area (Å²) in [6.07, 6.45) is 3.21. The minimum Gasteiger partial charge on any atom is -0.494 e. The van der Waals surface area contributed by atoms with Gasteiger partial charge < -0.3 is 20.5 Å². The van der Waals surface area contributed by atoms with Gasteiger partial charge in [-0.3, -0.25) is 19.3 Å². The van der Waals surface area contributed by atoms with Crippen molar-refractivity contribution in [3.05, 3.63) is 64.8 Å². The molecule has 178 valence electrons. The molecule has 12 heteroatoms. The molecule has 4 N–H and O–H groups in total. The molecule has 1 aromatic carbocycles. The van der Waals surface area contributed by atoms with Crippen molar-refractivity contribution in [3.8, 4) is 17.1 Å². The highest BCUT2D eigenvalue weighted by Gasteiger charge is 2.18. The first-order valence-corrected chi connectivity index (χ1v) is 10.7. The summed E-state index contributed by atoms with van der Waals surface area (Å²) in [7, 11) is 4.98. The number of aromatic amines is 1. The van der Waals surface area contributed by atoms with E-state index < -0.39 is 0 Å². The van der Waals surface area contributed by atoms with Crippen LogP contribution in [-0.4, -0.2) is 46.7 Å². The molecular weight excluding hydrogens is 450 g/mol. The zero-order valence-electron chi connectivity index (χ0n) is 19.3. The molecule has 0 radical (unpaired) electrons. The van der Waals surface area contributed by atoms with E-state index in [0.29, 0.717) is 56.7 Å². The van der Waals surface area contributed by atoms with Crippen LogP contribution in [0.4, 0.5) is 23.0 Å². The Bertz CT molecular complexity index is 1590. The lowest BCUT2D eigenvalue weighted by Crippen LogP contribution is -2.12. The number of pyridine rings is 2. The molecule has 0 aliphatic heterocycles. The molecule has 5 rings (SSSR count). The molecule has 0 fully saturated rings. The zero-order chi connectivity index (χ0) is 24.5. The van der Waals surface area contributed by atoms with Crippen LogP contribution in [0.3, 0.4) is 0 Å². The third kappa shape index (κ3) is 4.17. The van der Waals surface area contributed by atoms with Crippen molar-refractivity contribution in [1.82, 2.24) is 34.5 Å². The molecule has 0 aliphatic carbocycles. The third-order valence-electron chi connectivity index (χ3n) is 5.40. The predicted molar refractivity (Wildman–Crippen MR) is 131 cm³/mol. The molecule has 0 saturated carbocycles. The Balaban J connectivity index is 1.60. The van der Waals surface area contributed by atoms with Crippen LogP contribution in [0.1, 0.15) is 5.56 Å². The number of ether oxygens (including phenoxy) is 1. The molecule has 0 atom stereocenters. The van der Waals surface area contributed by atoms with Crippen molar-refractivity contribution in [3.63, 3.8) is 0 Å². The molecule has 0 aliphatic rings. The highest BCUT2D eigenvalue weighted by atomic mass is 16.5. The van der Waals surface area contributed by atoms with Crippen LogP contribution >= 0.6 is 0 Å². The lowest BCUT2D eigenvalue weighted by molar-refractivity contribution is 0.282. The summed E-state index contributed by atoms with van der Waals surface area (Å²) in [5.41, 5.74) is 2.71. The minimum absolute atomic E-state index is 0.107. The van der Waals surface area contributed by atoms with E-state index in [4.69, 9.17) is 4.74 Å². The quantitative estimate of drug-likeness (QED) is 0.280. The molecule has 0 saturated heterocycles. The molecule has 12 nitrogen and oxygen atoms in total. The molecule has 4 aromatic heterocycles. The van der Waals surface area contributed by atoms with Crippen LogP contribution in [0.15, 0.2) is 53.7 Å². The Hall–Kier alpha value is -4.71. The van der Waals surface area contributed by atoms with E-state index in [1.54, 1.807) is 56.6 Å². The van der Waals surface area contributed by atoms with Gasteiger partial charge in [-0.25, -0.2) is 15.0 Å². The fourth-order valence-electron chi connectivity index (χ4n) is 3.79.